The number of nitrogens with one attached hydrogen (secondary N) is 2. The first-order valence-electron chi connectivity index (χ1n) is 8.21. The van der Waals surface area contributed by atoms with Crippen molar-refractivity contribution in [2.45, 2.75) is 39.2 Å². The molecule has 2 heterocycles. The van der Waals surface area contributed by atoms with Crippen molar-refractivity contribution >= 4 is 24.0 Å². The van der Waals surface area contributed by atoms with Crippen LogP contribution in [0.1, 0.15) is 47.4 Å². The number of rotatable bonds is 4. The van der Waals surface area contributed by atoms with Gasteiger partial charge in [0, 0.05) is 5.69 Å². The van der Waals surface area contributed by atoms with Crippen LogP contribution >= 0.6 is 12.4 Å². The highest BCUT2D eigenvalue weighted by atomic mass is 35.5. The first-order valence-corrected chi connectivity index (χ1v) is 8.21. The third-order valence-electron chi connectivity index (χ3n) is 4.41. The summed E-state index contributed by atoms with van der Waals surface area (Å²) < 4.78 is 1.82. The third-order valence-corrected chi connectivity index (χ3v) is 4.41. The predicted octanol–water partition coefficient (Wildman–Crippen LogP) is 2.75. The topological polar surface area (TPSA) is 71.8 Å². The first kappa shape index (κ1) is 18.4. The van der Waals surface area contributed by atoms with Gasteiger partial charge >= 0.3 is 0 Å². The third kappa shape index (κ3) is 4.13. The van der Waals surface area contributed by atoms with Crippen LogP contribution in [0.4, 0.5) is 5.69 Å². The molecular formula is C17H24ClN5O. The van der Waals surface area contributed by atoms with Crippen molar-refractivity contribution in [1.29, 1.82) is 0 Å². The average Bonchev–Trinajstić information content (AvgIpc) is 3.07. The number of nitrogens with zero attached hydrogens (tertiary/aromatic N) is 3. The second kappa shape index (κ2) is 8.26. The van der Waals surface area contributed by atoms with Gasteiger partial charge in [-0.2, -0.15) is 0 Å². The van der Waals surface area contributed by atoms with E-state index in [1.54, 1.807) is 6.20 Å². The van der Waals surface area contributed by atoms with Gasteiger partial charge in [-0.3, -0.25) is 4.79 Å². The monoisotopic (exact) mass is 349 g/mol. The summed E-state index contributed by atoms with van der Waals surface area (Å²) in [6.45, 7) is 6.15. The Hall–Kier alpha value is -1.92. The lowest BCUT2D eigenvalue weighted by Crippen LogP contribution is -2.29. The molecule has 2 N–H and O–H groups in total. The average molecular weight is 350 g/mol. The van der Waals surface area contributed by atoms with Crippen LogP contribution < -0.4 is 10.6 Å². The number of carbonyl (C=O) groups is 1. The lowest BCUT2D eigenvalue weighted by molar-refractivity contribution is 0.102. The van der Waals surface area contributed by atoms with Gasteiger partial charge in [-0.25, -0.2) is 4.68 Å². The number of hydrogen-bond acceptors (Lipinski definition) is 4. The molecule has 1 aliphatic rings. The Morgan fingerprint density at radius 3 is 2.83 bits per heavy atom. The number of aryl methyl sites for hydroxylation is 2. The van der Waals surface area contributed by atoms with E-state index in [0.717, 1.165) is 38.0 Å². The van der Waals surface area contributed by atoms with Crippen molar-refractivity contribution in [3.05, 3.63) is 41.2 Å². The van der Waals surface area contributed by atoms with Gasteiger partial charge in [-0.15, -0.1) is 17.5 Å². The first-order chi connectivity index (χ1) is 11.2. The van der Waals surface area contributed by atoms with Crippen LogP contribution in [0.2, 0.25) is 0 Å². The number of piperidine rings is 1. The van der Waals surface area contributed by atoms with E-state index in [-0.39, 0.29) is 18.3 Å². The number of hydrogen-bond donors (Lipinski definition) is 2. The number of benzene rings is 1. The summed E-state index contributed by atoms with van der Waals surface area (Å²) in [5.74, 6) is -0.212. The molecule has 6 nitrogen and oxygen atoms in total. The van der Waals surface area contributed by atoms with Gasteiger partial charge in [0.05, 0.1) is 12.2 Å². The molecule has 1 aliphatic heterocycles. The molecule has 0 unspecified atom stereocenters. The Morgan fingerprint density at radius 2 is 2.12 bits per heavy atom. The van der Waals surface area contributed by atoms with Crippen molar-refractivity contribution in [2.24, 2.45) is 0 Å². The van der Waals surface area contributed by atoms with E-state index < -0.39 is 0 Å². The Balaban J connectivity index is 0.00000208. The lowest BCUT2D eigenvalue weighted by atomic mass is 10.1. The summed E-state index contributed by atoms with van der Waals surface area (Å²) >= 11 is 0. The van der Waals surface area contributed by atoms with Crippen LogP contribution in [0.15, 0.2) is 24.4 Å². The summed E-state index contributed by atoms with van der Waals surface area (Å²) in [4.78, 5) is 12.4. The minimum atomic E-state index is -0.212. The zero-order valence-corrected chi connectivity index (χ0v) is 14.9. The largest absolute Gasteiger partial charge is 0.321 e. The van der Waals surface area contributed by atoms with Gasteiger partial charge in [0.25, 0.3) is 5.91 Å². The van der Waals surface area contributed by atoms with E-state index in [4.69, 9.17) is 0 Å². The molecule has 0 bridgehead atoms. The van der Waals surface area contributed by atoms with Crippen molar-refractivity contribution in [2.75, 3.05) is 18.4 Å². The number of aromatic nitrogens is 3. The van der Waals surface area contributed by atoms with Crippen LogP contribution in [-0.2, 0) is 6.42 Å². The SMILES string of the molecule is CCc1cc(NC(=O)c2cn(C3CCNCC3)nn2)ccc1C.Cl. The molecule has 1 aromatic carbocycles. The fraction of sp³-hybridized carbons (Fsp3) is 0.471. The van der Waals surface area contributed by atoms with Gasteiger partial charge in [-0.05, 0) is 62.5 Å². The van der Waals surface area contributed by atoms with E-state index >= 15 is 0 Å². The summed E-state index contributed by atoms with van der Waals surface area (Å²) in [6, 6.07) is 6.30. The quantitative estimate of drug-likeness (QED) is 0.890. The second-order valence-electron chi connectivity index (χ2n) is 6.01. The smallest absolute Gasteiger partial charge is 0.277 e. The summed E-state index contributed by atoms with van der Waals surface area (Å²) in [5, 5.41) is 14.4. The summed E-state index contributed by atoms with van der Waals surface area (Å²) in [5.41, 5.74) is 3.64. The van der Waals surface area contributed by atoms with Crippen molar-refractivity contribution < 1.29 is 4.79 Å². The van der Waals surface area contributed by atoms with Gasteiger partial charge in [-0.1, -0.05) is 18.2 Å². The summed E-state index contributed by atoms with van der Waals surface area (Å²) in [7, 11) is 0. The molecule has 7 heteroatoms. The van der Waals surface area contributed by atoms with Crippen LogP contribution in [0.25, 0.3) is 0 Å². The van der Waals surface area contributed by atoms with Crippen molar-refractivity contribution in [3.8, 4) is 0 Å². The normalized spacial score (nSPS) is 14.9. The highest BCUT2D eigenvalue weighted by Gasteiger charge is 2.18. The standard InChI is InChI=1S/C17H23N5O.ClH/c1-3-13-10-14(5-4-12(13)2)19-17(23)16-11-22(21-20-16)15-6-8-18-9-7-15;/h4-5,10-11,15,18H,3,6-9H2,1-2H3,(H,19,23);1H. The molecule has 0 radical (unpaired) electrons. The number of carbonyl (C=O) groups excluding carboxylic acids is 1. The molecule has 1 saturated heterocycles. The molecule has 0 saturated carbocycles. The zero-order valence-electron chi connectivity index (χ0n) is 14.1. The Kier molecular flexibility index (Phi) is 6.34. The molecule has 2 aromatic rings. The molecular weight excluding hydrogens is 326 g/mol. The molecule has 0 atom stereocenters. The minimum absolute atomic E-state index is 0. The van der Waals surface area contributed by atoms with Crippen molar-refractivity contribution in [3.63, 3.8) is 0 Å². The van der Waals surface area contributed by atoms with Gasteiger partial charge in [0.15, 0.2) is 5.69 Å². The molecule has 24 heavy (non-hydrogen) atoms. The van der Waals surface area contributed by atoms with Crippen LogP contribution in [0.5, 0.6) is 0 Å². The van der Waals surface area contributed by atoms with E-state index in [1.165, 1.54) is 11.1 Å². The van der Waals surface area contributed by atoms with E-state index in [0.29, 0.717) is 11.7 Å². The van der Waals surface area contributed by atoms with Gasteiger partial charge in [0.1, 0.15) is 0 Å². The van der Waals surface area contributed by atoms with Gasteiger partial charge in [0.2, 0.25) is 0 Å². The number of halogens is 1. The number of amides is 1. The molecule has 0 spiro atoms. The molecule has 1 aromatic heterocycles. The molecule has 130 valence electrons. The number of anilines is 1. The van der Waals surface area contributed by atoms with Crippen LogP contribution in [0.3, 0.4) is 0 Å². The van der Waals surface area contributed by atoms with Crippen molar-refractivity contribution in [1.82, 2.24) is 20.3 Å². The van der Waals surface area contributed by atoms with Crippen LogP contribution in [-0.4, -0.2) is 34.0 Å². The molecule has 0 aliphatic carbocycles. The molecule has 1 amide bonds. The van der Waals surface area contributed by atoms with Gasteiger partial charge < -0.3 is 10.6 Å². The molecule has 1 fully saturated rings. The lowest BCUT2D eigenvalue weighted by Gasteiger charge is -2.22. The maximum Gasteiger partial charge on any atom is 0.277 e. The fourth-order valence-corrected chi connectivity index (χ4v) is 2.96. The maximum absolute atomic E-state index is 12.4. The van der Waals surface area contributed by atoms with E-state index in [1.807, 2.05) is 22.9 Å². The minimum Gasteiger partial charge on any atom is -0.321 e. The zero-order chi connectivity index (χ0) is 16.2. The molecule has 3 rings (SSSR count). The highest BCUT2D eigenvalue weighted by Crippen LogP contribution is 2.19. The van der Waals surface area contributed by atoms with Crippen LogP contribution in [0, 0.1) is 6.92 Å². The van der Waals surface area contributed by atoms with E-state index in [9.17, 15) is 4.79 Å². The highest BCUT2D eigenvalue weighted by molar-refractivity contribution is 6.02. The Bertz CT molecular complexity index is 694. The Morgan fingerprint density at radius 1 is 1.38 bits per heavy atom. The Labute approximate surface area is 148 Å². The fourth-order valence-electron chi connectivity index (χ4n) is 2.96. The van der Waals surface area contributed by atoms with E-state index in [2.05, 4.69) is 34.8 Å². The second-order valence-corrected chi connectivity index (χ2v) is 6.01. The predicted molar refractivity (Wildman–Crippen MR) is 96.9 cm³/mol. The summed E-state index contributed by atoms with van der Waals surface area (Å²) in [6.07, 6.45) is 4.73. The maximum atomic E-state index is 12.4.